The fourth-order valence-electron chi connectivity index (χ4n) is 1.50. The number of rotatable bonds is 10. The molecule has 0 radical (unpaired) electrons. The van der Waals surface area contributed by atoms with E-state index in [1.54, 1.807) is 0 Å². The fourth-order valence-corrected chi connectivity index (χ4v) is 1.50. The summed E-state index contributed by atoms with van der Waals surface area (Å²) in [4.78, 5) is 2.31. The van der Waals surface area contributed by atoms with Gasteiger partial charge in [0.2, 0.25) is 0 Å². The van der Waals surface area contributed by atoms with E-state index in [1.807, 2.05) is 18.2 Å². The molecule has 0 saturated carbocycles. The van der Waals surface area contributed by atoms with Gasteiger partial charge in [0.15, 0.2) is 0 Å². The van der Waals surface area contributed by atoms with Crippen LogP contribution in [0.25, 0.3) is 0 Å². The molecule has 0 heterocycles. The van der Waals surface area contributed by atoms with Crippen molar-refractivity contribution in [1.29, 1.82) is 0 Å². The minimum absolute atomic E-state index is 0.948. The summed E-state index contributed by atoms with van der Waals surface area (Å²) >= 11 is 0. The third-order valence-corrected chi connectivity index (χ3v) is 2.37. The van der Waals surface area contributed by atoms with Crippen LogP contribution in [0.4, 0.5) is 0 Å². The van der Waals surface area contributed by atoms with E-state index in [9.17, 15) is 0 Å². The summed E-state index contributed by atoms with van der Waals surface area (Å²) in [5.41, 5.74) is 1.22. The molecule has 2 nitrogen and oxygen atoms in total. The SMILES string of the molecule is C=C/C=C(\C=C)CN(C)CCCNCCC. The second-order valence-corrected chi connectivity index (χ2v) is 4.02. The van der Waals surface area contributed by atoms with Crippen molar-refractivity contribution in [2.45, 2.75) is 19.8 Å². The summed E-state index contributed by atoms with van der Waals surface area (Å²) in [7, 11) is 2.14. The van der Waals surface area contributed by atoms with Gasteiger partial charge in [-0.05, 0) is 45.1 Å². The van der Waals surface area contributed by atoms with Crippen molar-refractivity contribution in [2.75, 3.05) is 33.2 Å². The number of nitrogens with zero attached hydrogens (tertiary/aromatic N) is 1. The van der Waals surface area contributed by atoms with Crippen LogP contribution in [-0.2, 0) is 0 Å². The third-order valence-electron chi connectivity index (χ3n) is 2.37. The van der Waals surface area contributed by atoms with Gasteiger partial charge < -0.3 is 10.2 Å². The Bertz CT molecular complexity index is 219. The monoisotopic (exact) mass is 222 g/mol. The van der Waals surface area contributed by atoms with Crippen LogP contribution < -0.4 is 5.32 Å². The number of likely N-dealkylation sites (N-methyl/N-ethyl adjacent to an activating group) is 1. The highest BCUT2D eigenvalue weighted by molar-refractivity contribution is 5.22. The fraction of sp³-hybridized carbons (Fsp3) is 0.571. The summed E-state index contributed by atoms with van der Waals surface area (Å²) in [5, 5.41) is 3.41. The van der Waals surface area contributed by atoms with E-state index in [0.29, 0.717) is 0 Å². The molecule has 0 aromatic rings. The van der Waals surface area contributed by atoms with Gasteiger partial charge in [-0.25, -0.2) is 0 Å². The number of nitrogens with one attached hydrogen (secondary N) is 1. The largest absolute Gasteiger partial charge is 0.317 e. The lowest BCUT2D eigenvalue weighted by Crippen LogP contribution is -2.25. The Hall–Kier alpha value is -0.860. The molecular formula is C14H26N2. The average Bonchev–Trinajstić information content (AvgIpc) is 2.28. The van der Waals surface area contributed by atoms with Gasteiger partial charge >= 0.3 is 0 Å². The summed E-state index contributed by atoms with van der Waals surface area (Å²) in [5.74, 6) is 0. The van der Waals surface area contributed by atoms with Crippen molar-refractivity contribution in [3.63, 3.8) is 0 Å². The van der Waals surface area contributed by atoms with Gasteiger partial charge in [-0.3, -0.25) is 0 Å². The van der Waals surface area contributed by atoms with E-state index in [0.717, 1.165) is 26.2 Å². The lowest BCUT2D eigenvalue weighted by Gasteiger charge is -2.17. The molecular weight excluding hydrogens is 196 g/mol. The summed E-state index contributed by atoms with van der Waals surface area (Å²) in [6.07, 6.45) is 8.12. The summed E-state index contributed by atoms with van der Waals surface area (Å²) < 4.78 is 0. The first-order valence-corrected chi connectivity index (χ1v) is 6.07. The summed E-state index contributed by atoms with van der Waals surface area (Å²) in [6, 6.07) is 0. The van der Waals surface area contributed by atoms with Crippen molar-refractivity contribution in [3.8, 4) is 0 Å². The van der Waals surface area contributed by atoms with E-state index in [2.05, 4.69) is 37.3 Å². The Kier molecular flexibility index (Phi) is 10.1. The lowest BCUT2D eigenvalue weighted by molar-refractivity contribution is 0.355. The predicted molar refractivity (Wildman–Crippen MR) is 73.8 cm³/mol. The van der Waals surface area contributed by atoms with Gasteiger partial charge in [0.05, 0.1) is 0 Å². The molecule has 0 bridgehead atoms. The van der Waals surface area contributed by atoms with Crippen molar-refractivity contribution in [1.82, 2.24) is 10.2 Å². The van der Waals surface area contributed by atoms with Crippen LogP contribution in [0.3, 0.4) is 0 Å². The van der Waals surface area contributed by atoms with Crippen molar-refractivity contribution < 1.29 is 0 Å². The van der Waals surface area contributed by atoms with Gasteiger partial charge in [-0.1, -0.05) is 38.3 Å². The molecule has 0 aliphatic carbocycles. The Morgan fingerprint density at radius 3 is 2.62 bits per heavy atom. The zero-order valence-corrected chi connectivity index (χ0v) is 10.8. The van der Waals surface area contributed by atoms with Gasteiger partial charge in [0, 0.05) is 6.54 Å². The molecule has 0 aliphatic rings. The Morgan fingerprint density at radius 2 is 2.06 bits per heavy atom. The Morgan fingerprint density at radius 1 is 1.31 bits per heavy atom. The van der Waals surface area contributed by atoms with E-state index in [4.69, 9.17) is 0 Å². The zero-order chi connectivity index (χ0) is 12.2. The Balaban J connectivity index is 3.64. The van der Waals surface area contributed by atoms with Crippen molar-refractivity contribution in [3.05, 3.63) is 37.0 Å². The minimum Gasteiger partial charge on any atom is -0.317 e. The molecule has 16 heavy (non-hydrogen) atoms. The molecule has 0 spiro atoms. The molecule has 0 aliphatic heterocycles. The maximum Gasteiger partial charge on any atom is 0.0230 e. The third kappa shape index (κ3) is 8.45. The molecule has 1 N–H and O–H groups in total. The number of hydrogen-bond acceptors (Lipinski definition) is 2. The van der Waals surface area contributed by atoms with Crippen LogP contribution in [0.2, 0.25) is 0 Å². The topological polar surface area (TPSA) is 15.3 Å². The van der Waals surface area contributed by atoms with Crippen LogP contribution in [0.5, 0.6) is 0 Å². The van der Waals surface area contributed by atoms with Crippen LogP contribution in [0.15, 0.2) is 37.0 Å². The first-order chi connectivity index (χ1) is 7.74. The molecule has 0 unspecified atom stereocenters. The molecule has 0 saturated heterocycles. The highest BCUT2D eigenvalue weighted by Crippen LogP contribution is 1.99. The molecule has 0 atom stereocenters. The van der Waals surface area contributed by atoms with E-state index < -0.39 is 0 Å². The van der Waals surface area contributed by atoms with Crippen LogP contribution >= 0.6 is 0 Å². The quantitative estimate of drug-likeness (QED) is 0.451. The standard InChI is InChI=1S/C14H26N2/c1-5-9-14(7-3)13-16(4)12-8-11-15-10-6-2/h5,7,9,15H,1,3,6,8,10-13H2,2,4H3/b14-9+. The molecule has 2 heteroatoms. The van der Waals surface area contributed by atoms with Gasteiger partial charge in [0.25, 0.3) is 0 Å². The number of allylic oxidation sites excluding steroid dienone is 2. The number of hydrogen-bond donors (Lipinski definition) is 1. The smallest absolute Gasteiger partial charge is 0.0230 e. The van der Waals surface area contributed by atoms with Gasteiger partial charge in [0.1, 0.15) is 0 Å². The van der Waals surface area contributed by atoms with Crippen LogP contribution in [-0.4, -0.2) is 38.1 Å². The van der Waals surface area contributed by atoms with Gasteiger partial charge in [-0.2, -0.15) is 0 Å². The Labute approximate surface area is 101 Å². The maximum absolute atomic E-state index is 3.80. The average molecular weight is 222 g/mol. The normalized spacial score (nSPS) is 11.8. The van der Waals surface area contributed by atoms with E-state index >= 15 is 0 Å². The first kappa shape index (κ1) is 15.1. The highest BCUT2D eigenvalue weighted by Gasteiger charge is 1.99. The van der Waals surface area contributed by atoms with E-state index in [-0.39, 0.29) is 0 Å². The second-order valence-electron chi connectivity index (χ2n) is 4.02. The van der Waals surface area contributed by atoms with Crippen LogP contribution in [0, 0.1) is 0 Å². The van der Waals surface area contributed by atoms with Crippen LogP contribution in [0.1, 0.15) is 19.8 Å². The molecule has 0 rings (SSSR count). The predicted octanol–water partition coefficient (Wildman–Crippen LogP) is 2.61. The molecule has 0 amide bonds. The minimum atomic E-state index is 0.948. The molecule has 92 valence electrons. The maximum atomic E-state index is 3.80. The van der Waals surface area contributed by atoms with Crippen molar-refractivity contribution in [2.24, 2.45) is 0 Å². The molecule has 0 aromatic carbocycles. The molecule has 0 aromatic heterocycles. The second kappa shape index (κ2) is 10.7. The van der Waals surface area contributed by atoms with E-state index in [1.165, 1.54) is 18.4 Å². The summed E-state index contributed by atoms with van der Waals surface area (Å²) in [6.45, 7) is 14.0. The molecule has 0 fully saturated rings. The zero-order valence-electron chi connectivity index (χ0n) is 10.8. The highest BCUT2D eigenvalue weighted by atomic mass is 15.1. The lowest BCUT2D eigenvalue weighted by atomic mass is 10.2. The first-order valence-electron chi connectivity index (χ1n) is 6.07. The van der Waals surface area contributed by atoms with Gasteiger partial charge in [-0.15, -0.1) is 0 Å². The van der Waals surface area contributed by atoms with Crippen molar-refractivity contribution >= 4 is 0 Å².